The molecule has 1 amide bonds. The number of piperidine rings is 1. The molecule has 0 aliphatic carbocycles. The second-order valence-corrected chi connectivity index (χ2v) is 3.96. The van der Waals surface area contributed by atoms with Gasteiger partial charge in [-0.3, -0.25) is 9.59 Å². The highest BCUT2D eigenvalue weighted by molar-refractivity contribution is 5.94. The molecule has 0 radical (unpaired) electrons. The molecule has 0 aromatic carbocycles. The van der Waals surface area contributed by atoms with Crippen LogP contribution in [0.3, 0.4) is 0 Å². The molecule has 0 bridgehead atoms. The zero-order valence-corrected chi connectivity index (χ0v) is 10.2. The number of H-pyrrole nitrogens is 1. The van der Waals surface area contributed by atoms with Crippen LogP contribution in [0.15, 0.2) is 23.1 Å². The summed E-state index contributed by atoms with van der Waals surface area (Å²) in [6.45, 7) is 1.81. The number of aromatic nitrogens is 1. The third-order valence-corrected chi connectivity index (χ3v) is 2.67. The first kappa shape index (κ1) is 13.7. The third kappa shape index (κ3) is 3.87. The van der Waals surface area contributed by atoms with Gasteiger partial charge in [0.2, 0.25) is 5.56 Å². The molecule has 0 saturated carbocycles. The summed E-state index contributed by atoms with van der Waals surface area (Å²) in [5, 5.41) is 6.13. The van der Waals surface area contributed by atoms with Crippen LogP contribution in [-0.2, 0) is 0 Å². The summed E-state index contributed by atoms with van der Waals surface area (Å²) < 4.78 is 0. The van der Waals surface area contributed by atoms with Gasteiger partial charge in [0.1, 0.15) is 0 Å². The molecule has 17 heavy (non-hydrogen) atoms. The number of aromatic amines is 1. The number of hydrogen-bond donors (Lipinski definition) is 3. The van der Waals surface area contributed by atoms with E-state index in [4.69, 9.17) is 0 Å². The van der Waals surface area contributed by atoms with Crippen molar-refractivity contribution in [2.45, 2.75) is 18.9 Å². The summed E-state index contributed by atoms with van der Waals surface area (Å²) in [6, 6.07) is 3.08. The quantitative estimate of drug-likeness (QED) is 0.713. The van der Waals surface area contributed by atoms with Gasteiger partial charge in [-0.1, -0.05) is 0 Å². The predicted molar refractivity (Wildman–Crippen MR) is 67.7 cm³/mol. The Morgan fingerprint density at radius 1 is 1.47 bits per heavy atom. The Kier molecular flexibility index (Phi) is 5.18. The number of carbonyl (C=O) groups excluding carboxylic acids is 1. The molecule has 5 nitrogen and oxygen atoms in total. The number of rotatable bonds is 2. The van der Waals surface area contributed by atoms with Crippen molar-refractivity contribution in [2.75, 3.05) is 13.1 Å². The first-order chi connectivity index (χ1) is 7.75. The molecule has 1 aromatic heterocycles. The molecule has 3 N–H and O–H groups in total. The highest BCUT2D eigenvalue weighted by Gasteiger charge is 2.16. The average Bonchev–Trinajstić information content (AvgIpc) is 2.30. The SMILES string of the molecule is Cl.O=C(NC1CCCNC1)c1cc[nH]c(=O)c1. The van der Waals surface area contributed by atoms with Gasteiger partial charge in [-0.2, -0.15) is 0 Å². The highest BCUT2D eigenvalue weighted by Crippen LogP contribution is 2.02. The van der Waals surface area contributed by atoms with Gasteiger partial charge in [-0.05, 0) is 25.5 Å². The topological polar surface area (TPSA) is 74.0 Å². The third-order valence-electron chi connectivity index (χ3n) is 2.67. The van der Waals surface area contributed by atoms with Crippen LogP contribution in [0.4, 0.5) is 0 Å². The Hall–Kier alpha value is -1.33. The molecule has 1 saturated heterocycles. The Labute approximate surface area is 105 Å². The number of nitrogens with one attached hydrogen (secondary N) is 3. The number of hydrogen-bond acceptors (Lipinski definition) is 3. The van der Waals surface area contributed by atoms with Crippen LogP contribution in [0, 0.1) is 0 Å². The summed E-state index contributed by atoms with van der Waals surface area (Å²) in [6.07, 6.45) is 3.54. The molecule has 2 rings (SSSR count). The highest BCUT2D eigenvalue weighted by atomic mass is 35.5. The number of carbonyl (C=O) groups is 1. The van der Waals surface area contributed by atoms with Gasteiger partial charge in [0, 0.05) is 30.4 Å². The minimum Gasteiger partial charge on any atom is -0.348 e. The first-order valence-corrected chi connectivity index (χ1v) is 5.46. The van der Waals surface area contributed by atoms with Gasteiger partial charge < -0.3 is 15.6 Å². The van der Waals surface area contributed by atoms with Gasteiger partial charge in [-0.25, -0.2) is 0 Å². The van der Waals surface area contributed by atoms with E-state index in [0.717, 1.165) is 25.9 Å². The average molecular weight is 258 g/mol. The molecule has 94 valence electrons. The van der Waals surface area contributed by atoms with Crippen LogP contribution in [0.1, 0.15) is 23.2 Å². The predicted octanol–water partition coefficient (Wildman–Crippen LogP) is 0.279. The lowest BCUT2D eigenvalue weighted by Crippen LogP contribution is -2.45. The van der Waals surface area contributed by atoms with Crippen molar-refractivity contribution in [3.63, 3.8) is 0 Å². The van der Waals surface area contributed by atoms with Crippen LogP contribution in [-0.4, -0.2) is 30.0 Å². The van der Waals surface area contributed by atoms with Crippen molar-refractivity contribution in [1.82, 2.24) is 15.6 Å². The van der Waals surface area contributed by atoms with E-state index in [2.05, 4.69) is 15.6 Å². The standard InChI is InChI=1S/C11H15N3O2.ClH/c15-10-6-8(3-5-13-10)11(16)14-9-2-1-4-12-7-9;/h3,5-6,9,12H,1-2,4,7H2,(H,13,15)(H,14,16);1H. The summed E-state index contributed by atoms with van der Waals surface area (Å²) in [7, 11) is 0. The molecule has 1 unspecified atom stereocenters. The summed E-state index contributed by atoms with van der Waals surface area (Å²) >= 11 is 0. The second-order valence-electron chi connectivity index (χ2n) is 3.96. The van der Waals surface area contributed by atoms with E-state index in [1.54, 1.807) is 6.07 Å². The van der Waals surface area contributed by atoms with E-state index in [1.807, 2.05) is 0 Å². The summed E-state index contributed by atoms with van der Waals surface area (Å²) in [5.74, 6) is -0.181. The lowest BCUT2D eigenvalue weighted by atomic mass is 10.1. The fraction of sp³-hybridized carbons (Fsp3) is 0.455. The van der Waals surface area contributed by atoms with E-state index < -0.39 is 0 Å². The molecular formula is C11H16ClN3O2. The van der Waals surface area contributed by atoms with Gasteiger partial charge >= 0.3 is 0 Å². The van der Waals surface area contributed by atoms with Gasteiger partial charge in [0.25, 0.3) is 5.91 Å². The van der Waals surface area contributed by atoms with Crippen molar-refractivity contribution < 1.29 is 4.79 Å². The maximum absolute atomic E-state index is 11.8. The van der Waals surface area contributed by atoms with E-state index >= 15 is 0 Å². The lowest BCUT2D eigenvalue weighted by Gasteiger charge is -2.23. The fourth-order valence-corrected chi connectivity index (χ4v) is 1.83. The van der Waals surface area contributed by atoms with E-state index in [-0.39, 0.29) is 29.9 Å². The molecule has 1 aliphatic rings. The maximum Gasteiger partial charge on any atom is 0.251 e. The van der Waals surface area contributed by atoms with Crippen LogP contribution in [0.25, 0.3) is 0 Å². The van der Waals surface area contributed by atoms with E-state index in [0.29, 0.717) is 5.56 Å². The van der Waals surface area contributed by atoms with Crippen LogP contribution in [0.5, 0.6) is 0 Å². The van der Waals surface area contributed by atoms with Gasteiger partial charge in [-0.15, -0.1) is 12.4 Å². The largest absolute Gasteiger partial charge is 0.348 e. The molecule has 1 fully saturated rings. The molecule has 1 atom stereocenters. The Balaban J connectivity index is 0.00000144. The van der Waals surface area contributed by atoms with Crippen molar-refractivity contribution in [3.05, 3.63) is 34.2 Å². The monoisotopic (exact) mass is 257 g/mol. The Bertz CT molecular complexity index is 427. The van der Waals surface area contributed by atoms with Crippen LogP contribution < -0.4 is 16.2 Å². The Morgan fingerprint density at radius 3 is 2.94 bits per heavy atom. The van der Waals surface area contributed by atoms with Gasteiger partial charge in [0.05, 0.1) is 0 Å². The summed E-state index contributed by atoms with van der Waals surface area (Å²) in [4.78, 5) is 25.3. The van der Waals surface area contributed by atoms with Crippen LogP contribution >= 0.6 is 12.4 Å². The molecule has 0 spiro atoms. The zero-order valence-electron chi connectivity index (χ0n) is 9.36. The summed E-state index contributed by atoms with van der Waals surface area (Å²) in [5.41, 5.74) is 0.156. The molecule has 2 heterocycles. The zero-order chi connectivity index (χ0) is 11.4. The van der Waals surface area contributed by atoms with Gasteiger partial charge in [0.15, 0.2) is 0 Å². The van der Waals surface area contributed by atoms with E-state index in [9.17, 15) is 9.59 Å². The van der Waals surface area contributed by atoms with Crippen molar-refractivity contribution in [3.8, 4) is 0 Å². The smallest absolute Gasteiger partial charge is 0.251 e. The lowest BCUT2D eigenvalue weighted by molar-refractivity contribution is 0.0930. The van der Waals surface area contributed by atoms with E-state index in [1.165, 1.54) is 12.3 Å². The maximum atomic E-state index is 11.8. The number of amides is 1. The fourth-order valence-electron chi connectivity index (χ4n) is 1.83. The molecule has 1 aliphatic heterocycles. The first-order valence-electron chi connectivity index (χ1n) is 5.46. The second kappa shape index (κ2) is 6.42. The van der Waals surface area contributed by atoms with Crippen molar-refractivity contribution in [1.29, 1.82) is 0 Å². The Morgan fingerprint density at radius 2 is 2.29 bits per heavy atom. The van der Waals surface area contributed by atoms with Crippen LogP contribution in [0.2, 0.25) is 0 Å². The van der Waals surface area contributed by atoms with Crippen molar-refractivity contribution in [2.24, 2.45) is 0 Å². The van der Waals surface area contributed by atoms with Crippen molar-refractivity contribution >= 4 is 18.3 Å². The number of halogens is 1. The normalized spacial score (nSPS) is 19.2. The minimum absolute atomic E-state index is 0. The molecule has 6 heteroatoms. The molecular weight excluding hydrogens is 242 g/mol. The minimum atomic E-state index is -0.255. The number of pyridine rings is 1. The molecule has 1 aromatic rings.